The van der Waals surface area contributed by atoms with Gasteiger partial charge in [0.1, 0.15) is 24.3 Å². The van der Waals surface area contributed by atoms with Crippen molar-refractivity contribution in [1.82, 2.24) is 10.6 Å². The number of alkyl carbamates (subject to hydrolysis) is 1. The van der Waals surface area contributed by atoms with E-state index in [1.807, 2.05) is 6.07 Å². The Morgan fingerprint density at radius 3 is 2.21 bits per heavy atom. The van der Waals surface area contributed by atoms with E-state index in [2.05, 4.69) is 15.4 Å². The van der Waals surface area contributed by atoms with Gasteiger partial charge in [-0.15, -0.1) is 0 Å². The maximum absolute atomic E-state index is 12.4. The highest BCUT2D eigenvalue weighted by Gasteiger charge is 2.29. The first-order chi connectivity index (χ1) is 13.5. The fraction of sp³-hybridized carbons (Fsp3) is 0.500. The summed E-state index contributed by atoms with van der Waals surface area (Å²) in [6.07, 6.45) is -1.19. The molecule has 0 unspecified atom stereocenters. The van der Waals surface area contributed by atoms with E-state index >= 15 is 0 Å². The number of benzene rings is 1. The van der Waals surface area contributed by atoms with Crippen LogP contribution in [0.5, 0.6) is 0 Å². The molecular formula is C20H28N2O7. The number of hydrogen-bond acceptors (Lipinski definition) is 7. The van der Waals surface area contributed by atoms with E-state index in [-0.39, 0.29) is 6.61 Å². The third-order valence-corrected chi connectivity index (χ3v) is 3.55. The maximum Gasteiger partial charge on any atom is 0.408 e. The highest BCUT2D eigenvalue weighted by atomic mass is 16.6. The smallest absolute Gasteiger partial charge is 0.408 e. The standard InChI is InChI=1S/C20H28N2O7/c1-13(21-19(26)29-20(2,3)4)17(24)22-15(11-16(23)27-5)18(25)28-12-14-9-7-6-8-10-14/h6-10,13,15H,11-12H2,1-5H3,(H,21,26)(H,22,24)/t13-,15-/m0/s1. The molecule has 0 spiro atoms. The molecule has 0 aromatic heterocycles. The predicted molar refractivity (Wildman–Crippen MR) is 104 cm³/mol. The molecule has 0 saturated heterocycles. The molecule has 9 nitrogen and oxygen atoms in total. The van der Waals surface area contributed by atoms with Crippen LogP contribution in [0, 0.1) is 0 Å². The number of carbonyl (C=O) groups is 4. The van der Waals surface area contributed by atoms with Crippen molar-refractivity contribution in [3.05, 3.63) is 35.9 Å². The minimum Gasteiger partial charge on any atom is -0.469 e. The number of nitrogens with one attached hydrogen (secondary N) is 2. The molecule has 0 aliphatic carbocycles. The average molecular weight is 408 g/mol. The van der Waals surface area contributed by atoms with Gasteiger partial charge in [-0.3, -0.25) is 9.59 Å². The van der Waals surface area contributed by atoms with Crippen molar-refractivity contribution in [3.63, 3.8) is 0 Å². The third kappa shape index (κ3) is 9.59. The second kappa shape index (κ2) is 11.0. The first kappa shape index (κ1) is 23.9. The number of ether oxygens (including phenoxy) is 3. The van der Waals surface area contributed by atoms with Crippen LogP contribution >= 0.6 is 0 Å². The average Bonchev–Trinajstić information content (AvgIpc) is 2.64. The van der Waals surface area contributed by atoms with Crippen LogP contribution in [0.2, 0.25) is 0 Å². The summed E-state index contributed by atoms with van der Waals surface area (Å²) in [5.74, 6) is -2.17. The fourth-order valence-electron chi connectivity index (χ4n) is 2.12. The molecule has 0 saturated carbocycles. The van der Waals surface area contributed by atoms with Crippen LogP contribution in [0.3, 0.4) is 0 Å². The Bertz CT molecular complexity index is 713. The van der Waals surface area contributed by atoms with Gasteiger partial charge < -0.3 is 24.8 Å². The van der Waals surface area contributed by atoms with Gasteiger partial charge in [0.2, 0.25) is 5.91 Å². The van der Waals surface area contributed by atoms with Crippen molar-refractivity contribution in [2.75, 3.05) is 7.11 Å². The number of esters is 2. The van der Waals surface area contributed by atoms with Crippen LogP contribution in [-0.4, -0.2) is 48.7 Å². The van der Waals surface area contributed by atoms with Crippen molar-refractivity contribution in [2.45, 2.75) is 58.4 Å². The molecule has 2 N–H and O–H groups in total. The van der Waals surface area contributed by atoms with Gasteiger partial charge in [0.25, 0.3) is 0 Å². The SMILES string of the molecule is COC(=O)C[C@H](NC(=O)[C@H](C)NC(=O)OC(C)(C)C)C(=O)OCc1ccccc1. The molecule has 2 atom stereocenters. The van der Waals surface area contributed by atoms with E-state index in [1.165, 1.54) is 14.0 Å². The van der Waals surface area contributed by atoms with E-state index in [0.717, 1.165) is 5.56 Å². The molecule has 0 radical (unpaired) electrons. The summed E-state index contributed by atoms with van der Waals surface area (Å²) < 4.78 is 14.8. The summed E-state index contributed by atoms with van der Waals surface area (Å²) in [4.78, 5) is 48.2. The predicted octanol–water partition coefficient (Wildman–Crippen LogP) is 1.69. The van der Waals surface area contributed by atoms with Crippen molar-refractivity contribution >= 4 is 23.9 Å². The minimum atomic E-state index is -1.26. The lowest BCUT2D eigenvalue weighted by Gasteiger charge is -2.23. The topological polar surface area (TPSA) is 120 Å². The minimum absolute atomic E-state index is 0.0150. The van der Waals surface area contributed by atoms with Gasteiger partial charge in [-0.1, -0.05) is 30.3 Å². The number of hydrogen-bond donors (Lipinski definition) is 2. The molecule has 0 fully saturated rings. The Morgan fingerprint density at radius 1 is 1.03 bits per heavy atom. The Labute approximate surface area is 170 Å². The quantitative estimate of drug-likeness (QED) is 0.496. The first-order valence-corrected chi connectivity index (χ1v) is 9.09. The van der Waals surface area contributed by atoms with Crippen molar-refractivity contribution < 1.29 is 33.4 Å². The Hall–Kier alpha value is -3.10. The lowest BCUT2D eigenvalue weighted by atomic mass is 10.2. The molecule has 0 bridgehead atoms. The molecule has 1 rings (SSSR count). The first-order valence-electron chi connectivity index (χ1n) is 9.09. The van der Waals surface area contributed by atoms with Crippen LogP contribution < -0.4 is 10.6 Å². The number of methoxy groups -OCH3 is 1. The van der Waals surface area contributed by atoms with Gasteiger partial charge in [-0.25, -0.2) is 9.59 Å². The molecule has 29 heavy (non-hydrogen) atoms. The van der Waals surface area contributed by atoms with Crippen molar-refractivity contribution in [1.29, 1.82) is 0 Å². The molecule has 9 heteroatoms. The fourth-order valence-corrected chi connectivity index (χ4v) is 2.12. The summed E-state index contributed by atoms with van der Waals surface area (Å²) in [7, 11) is 1.17. The zero-order chi connectivity index (χ0) is 22.0. The summed E-state index contributed by atoms with van der Waals surface area (Å²) in [6, 6.07) is 6.68. The van der Waals surface area contributed by atoms with Crippen LogP contribution in [-0.2, 0) is 35.2 Å². The van der Waals surface area contributed by atoms with Gasteiger partial charge in [-0.05, 0) is 33.3 Å². The highest BCUT2D eigenvalue weighted by molar-refractivity contribution is 5.91. The maximum atomic E-state index is 12.4. The Morgan fingerprint density at radius 2 is 1.66 bits per heavy atom. The monoisotopic (exact) mass is 408 g/mol. The van der Waals surface area contributed by atoms with Crippen LogP contribution in [0.15, 0.2) is 30.3 Å². The van der Waals surface area contributed by atoms with Crippen molar-refractivity contribution in [3.8, 4) is 0 Å². The Balaban J connectivity index is 2.70. The number of amides is 2. The van der Waals surface area contributed by atoms with Gasteiger partial charge >= 0.3 is 18.0 Å². The summed E-state index contributed by atoms with van der Waals surface area (Å²) in [5, 5.41) is 4.77. The number of rotatable bonds is 8. The third-order valence-electron chi connectivity index (χ3n) is 3.55. The second-order valence-corrected chi connectivity index (χ2v) is 7.30. The van der Waals surface area contributed by atoms with E-state index < -0.39 is 48.0 Å². The van der Waals surface area contributed by atoms with E-state index in [1.54, 1.807) is 45.0 Å². The van der Waals surface area contributed by atoms with Crippen molar-refractivity contribution in [2.24, 2.45) is 0 Å². The normalized spacial score (nSPS) is 12.9. The summed E-state index contributed by atoms with van der Waals surface area (Å²) >= 11 is 0. The molecule has 2 amide bonds. The van der Waals surface area contributed by atoms with Crippen LogP contribution in [0.25, 0.3) is 0 Å². The lowest BCUT2D eigenvalue weighted by Crippen LogP contribution is -2.52. The zero-order valence-electron chi connectivity index (χ0n) is 17.3. The molecule has 0 aliphatic rings. The molecule has 0 aliphatic heterocycles. The molecule has 160 valence electrons. The molecule has 1 aromatic rings. The summed E-state index contributed by atoms with van der Waals surface area (Å²) in [5.41, 5.74) is 0.0264. The van der Waals surface area contributed by atoms with Gasteiger partial charge in [0.15, 0.2) is 0 Å². The zero-order valence-corrected chi connectivity index (χ0v) is 17.3. The molecular weight excluding hydrogens is 380 g/mol. The molecule has 1 aromatic carbocycles. The van der Waals surface area contributed by atoms with Crippen LogP contribution in [0.1, 0.15) is 39.7 Å². The van der Waals surface area contributed by atoms with Gasteiger partial charge in [0.05, 0.1) is 13.5 Å². The van der Waals surface area contributed by atoms with E-state index in [4.69, 9.17) is 9.47 Å². The largest absolute Gasteiger partial charge is 0.469 e. The van der Waals surface area contributed by atoms with Gasteiger partial charge in [0, 0.05) is 0 Å². The lowest BCUT2D eigenvalue weighted by molar-refractivity contribution is -0.153. The van der Waals surface area contributed by atoms with Gasteiger partial charge in [-0.2, -0.15) is 0 Å². The number of carbonyl (C=O) groups excluding carboxylic acids is 4. The second-order valence-electron chi connectivity index (χ2n) is 7.30. The highest BCUT2D eigenvalue weighted by Crippen LogP contribution is 2.07. The molecule has 0 heterocycles. The van der Waals surface area contributed by atoms with Crippen LogP contribution in [0.4, 0.5) is 4.79 Å². The Kier molecular flexibility index (Phi) is 9.11. The van der Waals surface area contributed by atoms with E-state index in [0.29, 0.717) is 0 Å². The van der Waals surface area contributed by atoms with E-state index in [9.17, 15) is 19.2 Å². The summed E-state index contributed by atoms with van der Waals surface area (Å²) in [6.45, 7) is 6.47.